The molecule has 5 heteroatoms. The quantitative estimate of drug-likeness (QED) is 0.209. The van der Waals surface area contributed by atoms with Crippen LogP contribution in [-0.2, 0) is 0 Å². The molecule has 0 aliphatic rings. The first-order valence-corrected chi connectivity index (χ1v) is 14.9. The average molecular weight is 577 g/mol. The summed E-state index contributed by atoms with van der Waals surface area (Å²) in [5.41, 5.74) is 6.44. The third-order valence-corrected chi connectivity index (χ3v) is 8.36. The second-order valence-corrected chi connectivity index (χ2v) is 11.1. The van der Waals surface area contributed by atoms with Gasteiger partial charge in [-0.3, -0.25) is 0 Å². The minimum absolute atomic E-state index is 0.583. The molecule has 5 nitrogen and oxygen atoms in total. The first kappa shape index (κ1) is 25.3. The van der Waals surface area contributed by atoms with Crippen molar-refractivity contribution in [3.63, 3.8) is 0 Å². The summed E-state index contributed by atoms with van der Waals surface area (Å²) in [6.45, 7) is 0. The Bertz CT molecular complexity index is 2550. The average Bonchev–Trinajstić information content (AvgIpc) is 3.50. The minimum Gasteiger partial charge on any atom is -0.438 e. The topological polar surface area (TPSA) is 64.7 Å². The van der Waals surface area contributed by atoms with E-state index in [0.717, 1.165) is 49.2 Å². The summed E-state index contributed by atoms with van der Waals surface area (Å²) in [5, 5.41) is 6.45. The fourth-order valence-electron chi connectivity index (χ4n) is 6.12. The third-order valence-electron chi connectivity index (χ3n) is 8.36. The molecule has 0 spiro atoms. The van der Waals surface area contributed by atoms with Gasteiger partial charge in [-0.25, -0.2) is 19.9 Å². The molecule has 45 heavy (non-hydrogen) atoms. The molecule has 0 atom stereocenters. The van der Waals surface area contributed by atoms with Crippen molar-refractivity contribution >= 4 is 43.6 Å². The van der Waals surface area contributed by atoms with Crippen molar-refractivity contribution in [2.75, 3.05) is 0 Å². The number of rotatable bonds is 4. The van der Waals surface area contributed by atoms with Crippen LogP contribution in [0.15, 0.2) is 150 Å². The predicted molar refractivity (Wildman–Crippen MR) is 182 cm³/mol. The highest BCUT2D eigenvalue weighted by Crippen LogP contribution is 2.36. The summed E-state index contributed by atoms with van der Waals surface area (Å²) < 4.78 is 6.10. The van der Waals surface area contributed by atoms with Crippen molar-refractivity contribution in [3.05, 3.63) is 146 Å². The van der Waals surface area contributed by atoms with E-state index in [1.54, 1.807) is 6.20 Å². The van der Waals surface area contributed by atoms with E-state index in [0.29, 0.717) is 23.2 Å². The van der Waals surface area contributed by atoms with E-state index in [2.05, 4.69) is 102 Å². The molecule has 0 saturated carbocycles. The molecule has 0 unspecified atom stereocenters. The number of hydrogen-bond acceptors (Lipinski definition) is 5. The van der Waals surface area contributed by atoms with Crippen LogP contribution in [0.2, 0.25) is 0 Å². The van der Waals surface area contributed by atoms with Gasteiger partial charge in [0.05, 0.1) is 0 Å². The lowest BCUT2D eigenvalue weighted by atomic mass is 10.00. The molecule has 0 saturated heterocycles. The van der Waals surface area contributed by atoms with E-state index in [1.165, 1.54) is 16.5 Å². The van der Waals surface area contributed by atoms with E-state index in [1.807, 2.05) is 42.5 Å². The number of pyridine rings is 1. The number of furan rings is 1. The SMILES string of the molecule is c1ccc(-c2ccc3cc(-c4nc(-c5ccc6ccccc6c5)nc(-c5cccc6oc7ncccc7c56)n4)ccc3c2)cc1. The van der Waals surface area contributed by atoms with Gasteiger partial charge in [0.1, 0.15) is 5.58 Å². The maximum absolute atomic E-state index is 6.10. The number of nitrogens with zero attached hydrogens (tertiary/aromatic N) is 4. The van der Waals surface area contributed by atoms with Gasteiger partial charge in [0.15, 0.2) is 17.5 Å². The molecule has 3 aromatic heterocycles. The van der Waals surface area contributed by atoms with E-state index in [4.69, 9.17) is 19.4 Å². The molecule has 0 N–H and O–H groups in total. The van der Waals surface area contributed by atoms with Crippen LogP contribution in [0.3, 0.4) is 0 Å². The Morgan fingerprint density at radius 3 is 1.82 bits per heavy atom. The van der Waals surface area contributed by atoms with Crippen molar-refractivity contribution in [2.24, 2.45) is 0 Å². The van der Waals surface area contributed by atoms with Crippen molar-refractivity contribution in [1.82, 2.24) is 19.9 Å². The highest BCUT2D eigenvalue weighted by Gasteiger charge is 2.18. The normalized spacial score (nSPS) is 11.6. The van der Waals surface area contributed by atoms with Gasteiger partial charge in [0.2, 0.25) is 5.71 Å². The predicted octanol–water partition coefficient (Wildman–Crippen LogP) is 10.1. The molecule has 0 fully saturated rings. The Hall–Kier alpha value is -6.20. The summed E-state index contributed by atoms with van der Waals surface area (Å²) in [5.74, 6) is 1.81. The lowest BCUT2D eigenvalue weighted by Crippen LogP contribution is -2.00. The maximum Gasteiger partial charge on any atom is 0.227 e. The Kier molecular flexibility index (Phi) is 5.74. The minimum atomic E-state index is 0.583. The highest BCUT2D eigenvalue weighted by molar-refractivity contribution is 6.10. The van der Waals surface area contributed by atoms with Crippen molar-refractivity contribution in [2.45, 2.75) is 0 Å². The second-order valence-electron chi connectivity index (χ2n) is 11.1. The lowest BCUT2D eigenvalue weighted by Gasteiger charge is -2.11. The highest BCUT2D eigenvalue weighted by atomic mass is 16.3. The van der Waals surface area contributed by atoms with Crippen LogP contribution in [0, 0.1) is 0 Å². The van der Waals surface area contributed by atoms with Gasteiger partial charge in [0, 0.05) is 33.7 Å². The van der Waals surface area contributed by atoms with E-state index >= 15 is 0 Å². The van der Waals surface area contributed by atoms with Crippen LogP contribution in [0.1, 0.15) is 0 Å². The standard InChI is InChI=1S/C40H24N4O/c1-2-8-25(9-3-1)28-16-17-30-24-32(20-18-29(30)22-28)38-42-37(31-19-15-26-10-4-5-11-27(26)23-31)43-39(44-38)33-12-6-14-35-36(33)34-13-7-21-41-40(34)45-35/h1-24H. The van der Waals surface area contributed by atoms with Crippen LogP contribution in [-0.4, -0.2) is 19.9 Å². The second kappa shape index (κ2) is 10.2. The van der Waals surface area contributed by atoms with Crippen LogP contribution < -0.4 is 0 Å². The van der Waals surface area contributed by atoms with Crippen molar-refractivity contribution < 1.29 is 4.42 Å². The first-order valence-electron chi connectivity index (χ1n) is 14.9. The van der Waals surface area contributed by atoms with Crippen LogP contribution in [0.4, 0.5) is 0 Å². The van der Waals surface area contributed by atoms with E-state index in [-0.39, 0.29) is 0 Å². The molecule has 210 valence electrons. The van der Waals surface area contributed by atoms with E-state index < -0.39 is 0 Å². The molecule has 3 heterocycles. The largest absolute Gasteiger partial charge is 0.438 e. The molecular formula is C40H24N4O. The molecule has 0 bridgehead atoms. The summed E-state index contributed by atoms with van der Waals surface area (Å²) in [6, 6.07) is 48.0. The molecule has 9 rings (SSSR count). The molecule has 0 aliphatic carbocycles. The number of fused-ring (bicyclic) bond motifs is 5. The molecule has 0 radical (unpaired) electrons. The monoisotopic (exact) mass is 576 g/mol. The molecule has 9 aromatic rings. The maximum atomic E-state index is 6.10. The zero-order valence-electron chi connectivity index (χ0n) is 24.1. The van der Waals surface area contributed by atoms with Gasteiger partial charge in [-0.05, 0) is 69.1 Å². The van der Waals surface area contributed by atoms with Gasteiger partial charge in [-0.2, -0.15) is 0 Å². The van der Waals surface area contributed by atoms with Gasteiger partial charge in [0.25, 0.3) is 0 Å². The Morgan fingerprint density at radius 2 is 1.04 bits per heavy atom. The van der Waals surface area contributed by atoms with Gasteiger partial charge in [-0.15, -0.1) is 0 Å². The van der Waals surface area contributed by atoms with Crippen LogP contribution in [0.25, 0.3) is 88.9 Å². The molecule has 6 aromatic carbocycles. The fraction of sp³-hybridized carbons (Fsp3) is 0. The Balaban J connectivity index is 1.25. The van der Waals surface area contributed by atoms with Gasteiger partial charge < -0.3 is 4.42 Å². The number of hydrogen-bond donors (Lipinski definition) is 0. The van der Waals surface area contributed by atoms with Crippen LogP contribution in [0.5, 0.6) is 0 Å². The summed E-state index contributed by atoms with van der Waals surface area (Å²) >= 11 is 0. The lowest BCUT2D eigenvalue weighted by molar-refractivity contribution is 0.654. The zero-order chi connectivity index (χ0) is 29.7. The van der Waals surface area contributed by atoms with Gasteiger partial charge >= 0.3 is 0 Å². The molecule has 0 aliphatic heterocycles. The summed E-state index contributed by atoms with van der Waals surface area (Å²) in [4.78, 5) is 19.6. The van der Waals surface area contributed by atoms with Crippen LogP contribution >= 0.6 is 0 Å². The van der Waals surface area contributed by atoms with Gasteiger partial charge in [-0.1, -0.05) is 103 Å². The Labute approximate surface area is 258 Å². The Morgan fingerprint density at radius 1 is 0.422 bits per heavy atom. The number of aromatic nitrogens is 4. The van der Waals surface area contributed by atoms with Crippen molar-refractivity contribution in [1.29, 1.82) is 0 Å². The zero-order valence-corrected chi connectivity index (χ0v) is 24.1. The molecule has 0 amide bonds. The van der Waals surface area contributed by atoms with Crippen molar-refractivity contribution in [3.8, 4) is 45.3 Å². The smallest absolute Gasteiger partial charge is 0.227 e. The first-order chi connectivity index (χ1) is 22.3. The summed E-state index contributed by atoms with van der Waals surface area (Å²) in [7, 11) is 0. The fourth-order valence-corrected chi connectivity index (χ4v) is 6.12. The number of benzene rings is 6. The third kappa shape index (κ3) is 4.41. The van der Waals surface area contributed by atoms with E-state index in [9.17, 15) is 0 Å². The molecular weight excluding hydrogens is 552 g/mol. The summed E-state index contributed by atoms with van der Waals surface area (Å²) in [6.07, 6.45) is 1.74.